The van der Waals surface area contributed by atoms with Gasteiger partial charge in [-0.3, -0.25) is 34.2 Å². The summed E-state index contributed by atoms with van der Waals surface area (Å²) < 4.78 is 16.0. The number of hydrogen-bond donors (Lipinski definition) is 7. The smallest absolute Gasteiger partial charge is 0.261 e. The third kappa shape index (κ3) is 15.5. The van der Waals surface area contributed by atoms with Crippen LogP contribution in [0.5, 0.6) is 11.5 Å². The number of rotatable bonds is 22. The van der Waals surface area contributed by atoms with Gasteiger partial charge in [-0.25, -0.2) is 9.03 Å². The number of benzene rings is 2. The fourth-order valence-corrected chi connectivity index (χ4v) is 10.4. The predicted molar refractivity (Wildman–Crippen MR) is 336 cm³/mol. The van der Waals surface area contributed by atoms with E-state index in [-0.39, 0.29) is 40.4 Å². The Morgan fingerprint density at radius 2 is 1.07 bits per heavy atom. The Kier molecular flexibility index (Phi) is 20.7. The molecule has 1 aliphatic heterocycles. The van der Waals surface area contributed by atoms with Crippen LogP contribution in [0.1, 0.15) is 212 Å². The second kappa shape index (κ2) is 26.1. The van der Waals surface area contributed by atoms with Gasteiger partial charge in [0.15, 0.2) is 35.2 Å². The quantitative estimate of drug-likeness (QED) is 0.0315. The first-order valence-electron chi connectivity index (χ1n) is 29.7. The zero-order valence-electron chi connectivity index (χ0n) is 53.5. The van der Waals surface area contributed by atoms with Gasteiger partial charge in [0.25, 0.3) is 11.8 Å². The molecule has 22 heteroatoms. The second-order valence-corrected chi connectivity index (χ2v) is 28.5. The van der Waals surface area contributed by atoms with Crippen molar-refractivity contribution in [2.24, 2.45) is 5.41 Å². The van der Waals surface area contributed by atoms with Crippen LogP contribution >= 0.6 is 23.2 Å². The number of para-hydroxylation sites is 4. The molecule has 20 nitrogen and oxygen atoms in total. The summed E-state index contributed by atoms with van der Waals surface area (Å²) in [7, 11) is 0. The van der Waals surface area contributed by atoms with Gasteiger partial charge in [-0.1, -0.05) is 177 Å². The lowest BCUT2D eigenvalue weighted by Crippen LogP contribution is -2.59. The first-order chi connectivity index (χ1) is 39.3. The van der Waals surface area contributed by atoms with Crippen molar-refractivity contribution in [3.8, 4) is 11.5 Å². The highest BCUT2D eigenvalue weighted by atomic mass is 35.5. The number of hydrogen-bond acceptors (Lipinski definition) is 11. The van der Waals surface area contributed by atoms with Crippen LogP contribution in [0.4, 0.5) is 11.4 Å². The third-order valence-electron chi connectivity index (χ3n) is 16.5. The van der Waals surface area contributed by atoms with E-state index in [0.29, 0.717) is 75.1 Å². The molecule has 0 radical (unpaired) electrons. The topological polar surface area (TPSA) is 256 Å². The number of aromatic nitrogens is 8. The van der Waals surface area contributed by atoms with Crippen LogP contribution < -0.4 is 36.1 Å². The highest BCUT2D eigenvalue weighted by Gasteiger charge is 2.47. The molecule has 0 aliphatic carbocycles. The minimum Gasteiger partial charge on any atom is -0.479 e. The number of carbonyl (C=O) groups is 5. The third-order valence-corrected chi connectivity index (χ3v) is 17.3. The number of fused-ring (bicyclic) bond motifs is 2. The average molecular weight is 1220 g/mol. The fraction of sp³-hybridized carbons (Fsp3) is 0.603. The predicted octanol–water partition coefficient (Wildman–Crippen LogP) is 12.2. The Bertz CT molecular complexity index is 3350. The SMILES string of the molecule is CC(Oc1ccccc1NC(=O)C(C)(C)C)C(=O)NC(C)(C)C(C)(C)c1nnc2c(Cl)c(C(C)(C)C)[nH]n12.CCCCCCCCC(Oc1ccccc1NC(=O)C1CCC(=O)N1)C(=O)NC(C)(C)C(C)(C)c1nnc2c(Cl)c(C(C)(C)C)[nH]n12. The number of H-pyrrole nitrogens is 2. The lowest BCUT2D eigenvalue weighted by atomic mass is 9.73. The molecule has 7 N–H and O–H groups in total. The van der Waals surface area contributed by atoms with Crippen molar-refractivity contribution in [3.63, 3.8) is 0 Å². The first kappa shape index (κ1) is 67.5. The molecule has 5 heterocycles. The van der Waals surface area contributed by atoms with Crippen LogP contribution in [-0.4, -0.2) is 98.5 Å². The van der Waals surface area contributed by atoms with E-state index in [4.69, 9.17) is 32.7 Å². The molecule has 1 aliphatic rings. The van der Waals surface area contributed by atoms with Crippen LogP contribution in [0.2, 0.25) is 10.0 Å². The highest BCUT2D eigenvalue weighted by Crippen LogP contribution is 2.40. The van der Waals surface area contributed by atoms with E-state index in [9.17, 15) is 24.0 Å². The van der Waals surface area contributed by atoms with Gasteiger partial charge in [-0.2, -0.15) is 0 Å². The van der Waals surface area contributed by atoms with Crippen molar-refractivity contribution in [2.45, 2.75) is 240 Å². The largest absolute Gasteiger partial charge is 0.479 e. The maximum Gasteiger partial charge on any atom is 0.261 e. The van der Waals surface area contributed by atoms with Crippen molar-refractivity contribution >= 4 is 75.4 Å². The summed E-state index contributed by atoms with van der Waals surface area (Å²) in [5.41, 5.74) is -0.170. The number of halogens is 2. The maximum atomic E-state index is 14.1. The Labute approximate surface area is 511 Å². The van der Waals surface area contributed by atoms with Gasteiger partial charge in [-0.15, -0.1) is 20.4 Å². The molecule has 0 saturated carbocycles. The van der Waals surface area contributed by atoms with Crippen LogP contribution in [0, 0.1) is 5.41 Å². The summed E-state index contributed by atoms with van der Waals surface area (Å²) in [5, 5.41) is 40.4. The molecule has 1 fully saturated rings. The first-order valence-corrected chi connectivity index (χ1v) is 30.4. The van der Waals surface area contributed by atoms with Crippen molar-refractivity contribution in [2.75, 3.05) is 10.6 Å². The number of carbonyl (C=O) groups excluding carboxylic acids is 5. The molecule has 2 aromatic carbocycles. The monoisotopic (exact) mass is 1210 g/mol. The molecular weight excluding hydrogens is 1120 g/mol. The molecule has 85 heavy (non-hydrogen) atoms. The van der Waals surface area contributed by atoms with Gasteiger partial charge in [-0.05, 0) is 78.1 Å². The second-order valence-electron chi connectivity index (χ2n) is 27.7. The Morgan fingerprint density at radius 3 is 1.53 bits per heavy atom. The number of ether oxygens (including phenoxy) is 2. The van der Waals surface area contributed by atoms with E-state index < -0.39 is 45.6 Å². The minimum absolute atomic E-state index is 0.142. The van der Waals surface area contributed by atoms with Gasteiger partial charge in [0.05, 0.1) is 22.8 Å². The van der Waals surface area contributed by atoms with Crippen molar-refractivity contribution in [1.29, 1.82) is 0 Å². The summed E-state index contributed by atoms with van der Waals surface area (Å²) in [6, 6.07) is 13.6. The summed E-state index contributed by atoms with van der Waals surface area (Å²) in [6.07, 6.45) is 6.03. The lowest BCUT2D eigenvalue weighted by molar-refractivity contribution is -0.131. The number of nitrogens with zero attached hydrogens (tertiary/aromatic N) is 6. The van der Waals surface area contributed by atoms with Crippen LogP contribution in [-0.2, 0) is 45.6 Å². The minimum atomic E-state index is -0.830. The number of aromatic amines is 2. The van der Waals surface area contributed by atoms with E-state index in [1.54, 1.807) is 60.0 Å². The summed E-state index contributed by atoms with van der Waals surface area (Å²) >= 11 is 13.3. The van der Waals surface area contributed by atoms with E-state index in [0.717, 1.165) is 43.5 Å². The molecule has 1 saturated heterocycles. The maximum absolute atomic E-state index is 14.1. The van der Waals surface area contributed by atoms with Gasteiger partial charge in [0, 0.05) is 44.6 Å². The van der Waals surface area contributed by atoms with E-state index in [1.807, 2.05) is 80.7 Å². The Balaban J connectivity index is 0.000000279. The molecule has 0 bridgehead atoms. The van der Waals surface area contributed by atoms with Crippen LogP contribution in [0.15, 0.2) is 48.5 Å². The molecule has 3 unspecified atom stereocenters. The number of unbranched alkanes of at least 4 members (excludes halogenated alkanes) is 5. The normalized spacial score (nSPS) is 15.2. The summed E-state index contributed by atoms with van der Waals surface area (Å²) in [4.78, 5) is 64.6. The molecular formula is C63H93Cl2N13O7. The Hall–Kier alpha value is -6.67. The van der Waals surface area contributed by atoms with Crippen molar-refractivity contribution in [1.82, 2.24) is 55.6 Å². The van der Waals surface area contributed by atoms with Crippen molar-refractivity contribution < 1.29 is 33.4 Å². The molecule has 5 amide bonds. The Morgan fingerprint density at radius 1 is 0.624 bits per heavy atom. The van der Waals surface area contributed by atoms with Gasteiger partial charge in [0.1, 0.15) is 27.6 Å². The molecule has 7 rings (SSSR count). The molecule has 0 spiro atoms. The number of nitrogens with one attached hydrogen (secondary N) is 7. The molecule has 6 aromatic rings. The number of amides is 5. The van der Waals surface area contributed by atoms with E-state index in [2.05, 4.69) is 106 Å². The average Bonchev–Trinajstić information content (AvgIpc) is 1.73. The zero-order valence-corrected chi connectivity index (χ0v) is 55.0. The summed E-state index contributed by atoms with van der Waals surface area (Å²) in [6.45, 7) is 37.6. The van der Waals surface area contributed by atoms with Crippen LogP contribution in [0.25, 0.3) is 11.3 Å². The standard InChI is InChI=1S/C35H52ClN7O4.C28H41ClN6O3/c1-9-10-11-12-13-14-19-25(47-24-18-16-15-17-22(24)38-30(45)23-20-21-26(44)37-23)31(46)39-35(7,8)34(5,6)32-41-40-29-27(36)28(33(2,3)4)42-43(29)32;1-16(38-18-15-13-12-14-17(18)30-24(37)26(5,6)7)22(36)31-28(10,11)27(8,9)23-33-32-21-19(29)20(25(2,3)4)34-35(21)23/h15-18,23,25,42H,9-14,19-21H2,1-8H3,(H,37,44)(H,38,45)(H,39,46);12-16,34H,1-11H3,(H,30,37)(H,31,36). The van der Waals surface area contributed by atoms with Gasteiger partial charge >= 0.3 is 0 Å². The molecule has 4 aromatic heterocycles. The van der Waals surface area contributed by atoms with Gasteiger partial charge in [0.2, 0.25) is 17.7 Å². The zero-order chi connectivity index (χ0) is 63.4. The van der Waals surface area contributed by atoms with Crippen LogP contribution in [0.3, 0.4) is 0 Å². The van der Waals surface area contributed by atoms with E-state index in [1.165, 1.54) is 6.42 Å². The lowest BCUT2D eigenvalue weighted by Gasteiger charge is -2.41. The highest BCUT2D eigenvalue weighted by molar-refractivity contribution is 6.34. The molecule has 3 atom stereocenters. The van der Waals surface area contributed by atoms with Crippen molar-refractivity contribution in [3.05, 3.63) is 81.6 Å². The van der Waals surface area contributed by atoms with E-state index >= 15 is 0 Å². The number of anilines is 2. The van der Waals surface area contributed by atoms with Gasteiger partial charge < -0.3 is 36.1 Å². The molecule has 466 valence electrons. The summed E-state index contributed by atoms with van der Waals surface area (Å²) in [5.74, 6) is 0.911. The fourth-order valence-electron chi connectivity index (χ4n) is 9.52.